The van der Waals surface area contributed by atoms with Crippen molar-refractivity contribution in [3.63, 3.8) is 0 Å². The lowest BCUT2D eigenvalue weighted by atomic mass is 10.2. The molecule has 0 aliphatic carbocycles. The molecule has 0 radical (unpaired) electrons. The van der Waals surface area contributed by atoms with Gasteiger partial charge in [0, 0.05) is 6.42 Å². The van der Waals surface area contributed by atoms with Gasteiger partial charge in [0.1, 0.15) is 5.75 Å². The fourth-order valence-corrected chi connectivity index (χ4v) is 3.30. The number of carbonyl (C=O) groups excluding carboxylic acids is 1. The molecular formula is C17H14ClNO2S. The van der Waals surface area contributed by atoms with E-state index in [1.54, 1.807) is 35.6 Å². The highest BCUT2D eigenvalue weighted by atomic mass is 35.5. The standard InChI is InChI=1S/C17H14ClNO2S/c18-12-6-1-3-8-14(12)21-17(20)11-5-10-16-19-13-7-2-4-9-15(13)22-16/h1-4,6-9H,5,10-11H2. The molecular weight excluding hydrogens is 318 g/mol. The zero-order chi connectivity index (χ0) is 15.4. The Hall–Kier alpha value is -1.91. The number of para-hydroxylation sites is 2. The number of thiazole rings is 1. The van der Waals surface area contributed by atoms with E-state index in [1.165, 1.54) is 4.70 Å². The number of aromatic nitrogens is 1. The van der Waals surface area contributed by atoms with Gasteiger partial charge in [-0.2, -0.15) is 0 Å². The molecule has 0 aliphatic heterocycles. The monoisotopic (exact) mass is 331 g/mol. The van der Waals surface area contributed by atoms with Gasteiger partial charge in [0.2, 0.25) is 0 Å². The Bertz CT molecular complexity index is 767. The second kappa shape index (κ2) is 6.90. The molecule has 0 aliphatic rings. The summed E-state index contributed by atoms with van der Waals surface area (Å²) in [4.78, 5) is 16.4. The quantitative estimate of drug-likeness (QED) is 0.494. The molecule has 3 nitrogen and oxygen atoms in total. The first kappa shape index (κ1) is 15.0. The molecule has 0 N–H and O–H groups in total. The Morgan fingerprint density at radius 2 is 1.91 bits per heavy atom. The van der Waals surface area contributed by atoms with Crippen molar-refractivity contribution in [1.82, 2.24) is 4.98 Å². The summed E-state index contributed by atoms with van der Waals surface area (Å²) in [7, 11) is 0. The third-order valence-corrected chi connectivity index (χ3v) is 4.58. The van der Waals surface area contributed by atoms with Gasteiger partial charge in [-0.15, -0.1) is 11.3 Å². The Morgan fingerprint density at radius 1 is 1.14 bits per heavy atom. The summed E-state index contributed by atoms with van der Waals surface area (Å²) in [6.07, 6.45) is 1.83. The number of benzene rings is 2. The topological polar surface area (TPSA) is 39.2 Å². The number of rotatable bonds is 5. The molecule has 0 atom stereocenters. The Kier molecular flexibility index (Phi) is 4.71. The van der Waals surface area contributed by atoms with Crippen molar-refractivity contribution < 1.29 is 9.53 Å². The van der Waals surface area contributed by atoms with Crippen LogP contribution < -0.4 is 4.74 Å². The summed E-state index contributed by atoms with van der Waals surface area (Å²) < 4.78 is 6.43. The third-order valence-electron chi connectivity index (χ3n) is 3.17. The number of ether oxygens (including phenoxy) is 1. The molecule has 1 heterocycles. The third kappa shape index (κ3) is 3.64. The van der Waals surface area contributed by atoms with Crippen molar-refractivity contribution in [1.29, 1.82) is 0 Å². The summed E-state index contributed by atoms with van der Waals surface area (Å²) >= 11 is 7.63. The van der Waals surface area contributed by atoms with Gasteiger partial charge in [-0.3, -0.25) is 4.79 Å². The maximum absolute atomic E-state index is 11.8. The maximum atomic E-state index is 11.8. The van der Waals surface area contributed by atoms with Crippen molar-refractivity contribution in [2.24, 2.45) is 0 Å². The molecule has 0 amide bonds. The van der Waals surface area contributed by atoms with Crippen molar-refractivity contribution in [3.05, 3.63) is 58.6 Å². The zero-order valence-corrected chi connectivity index (χ0v) is 13.4. The lowest BCUT2D eigenvalue weighted by molar-refractivity contribution is -0.134. The summed E-state index contributed by atoms with van der Waals surface area (Å²) in [6, 6.07) is 15.0. The lowest BCUT2D eigenvalue weighted by Crippen LogP contribution is -2.08. The van der Waals surface area contributed by atoms with Crippen LogP contribution in [0.5, 0.6) is 5.75 Å². The molecule has 0 fully saturated rings. The van der Waals surface area contributed by atoms with Crippen molar-refractivity contribution in [2.45, 2.75) is 19.3 Å². The van der Waals surface area contributed by atoms with Gasteiger partial charge >= 0.3 is 5.97 Å². The van der Waals surface area contributed by atoms with Crippen LogP contribution in [0, 0.1) is 0 Å². The van der Waals surface area contributed by atoms with E-state index in [-0.39, 0.29) is 5.97 Å². The van der Waals surface area contributed by atoms with Crippen LogP contribution in [0.1, 0.15) is 17.8 Å². The predicted octanol–water partition coefficient (Wildman–Crippen LogP) is 4.88. The van der Waals surface area contributed by atoms with Gasteiger partial charge in [-0.25, -0.2) is 4.98 Å². The van der Waals surface area contributed by atoms with E-state index >= 15 is 0 Å². The molecule has 5 heteroatoms. The molecule has 2 aromatic carbocycles. The average Bonchev–Trinajstić information content (AvgIpc) is 2.92. The number of carbonyl (C=O) groups is 1. The van der Waals surface area contributed by atoms with Crippen LogP contribution in [-0.2, 0) is 11.2 Å². The van der Waals surface area contributed by atoms with E-state index < -0.39 is 0 Å². The number of aryl methyl sites for hydroxylation is 1. The molecule has 0 saturated carbocycles. The van der Waals surface area contributed by atoms with Gasteiger partial charge in [0.05, 0.1) is 20.2 Å². The minimum Gasteiger partial charge on any atom is -0.425 e. The average molecular weight is 332 g/mol. The second-order valence-electron chi connectivity index (χ2n) is 4.83. The number of hydrogen-bond acceptors (Lipinski definition) is 4. The lowest BCUT2D eigenvalue weighted by Gasteiger charge is -2.05. The number of halogens is 1. The summed E-state index contributed by atoms with van der Waals surface area (Å²) in [5.74, 6) is 0.142. The molecule has 22 heavy (non-hydrogen) atoms. The number of fused-ring (bicyclic) bond motifs is 1. The van der Waals surface area contributed by atoms with Gasteiger partial charge in [0.15, 0.2) is 0 Å². The fourth-order valence-electron chi connectivity index (χ4n) is 2.11. The van der Waals surface area contributed by atoms with Crippen molar-refractivity contribution in [3.8, 4) is 5.75 Å². The normalized spacial score (nSPS) is 10.8. The number of hydrogen-bond donors (Lipinski definition) is 0. The first-order valence-corrected chi connectivity index (χ1v) is 8.21. The number of nitrogens with zero attached hydrogens (tertiary/aromatic N) is 1. The van der Waals surface area contributed by atoms with Gasteiger partial charge < -0.3 is 4.74 Å². The van der Waals surface area contributed by atoms with Crippen LogP contribution in [0.4, 0.5) is 0 Å². The summed E-state index contributed by atoms with van der Waals surface area (Å²) in [6.45, 7) is 0. The molecule has 0 spiro atoms. The SMILES string of the molecule is O=C(CCCc1nc2ccccc2s1)Oc1ccccc1Cl. The zero-order valence-electron chi connectivity index (χ0n) is 11.8. The highest BCUT2D eigenvalue weighted by molar-refractivity contribution is 7.18. The molecule has 0 saturated heterocycles. The van der Waals surface area contributed by atoms with E-state index in [9.17, 15) is 4.79 Å². The van der Waals surface area contributed by atoms with Crippen LogP contribution in [0.2, 0.25) is 5.02 Å². The second-order valence-corrected chi connectivity index (χ2v) is 6.36. The van der Waals surface area contributed by atoms with Crippen molar-refractivity contribution in [2.75, 3.05) is 0 Å². The summed E-state index contributed by atoms with van der Waals surface area (Å²) in [5, 5.41) is 1.49. The van der Waals surface area contributed by atoms with E-state index in [0.717, 1.165) is 16.9 Å². The van der Waals surface area contributed by atoms with E-state index in [0.29, 0.717) is 23.6 Å². The first-order valence-electron chi connectivity index (χ1n) is 7.02. The van der Waals surface area contributed by atoms with E-state index in [4.69, 9.17) is 16.3 Å². The smallest absolute Gasteiger partial charge is 0.311 e. The predicted molar refractivity (Wildman–Crippen MR) is 89.6 cm³/mol. The van der Waals surface area contributed by atoms with Crippen LogP contribution in [0.15, 0.2) is 48.5 Å². The Labute approximate surface area is 137 Å². The van der Waals surface area contributed by atoms with Gasteiger partial charge in [0.25, 0.3) is 0 Å². The van der Waals surface area contributed by atoms with E-state index in [2.05, 4.69) is 11.1 Å². The maximum Gasteiger partial charge on any atom is 0.311 e. The van der Waals surface area contributed by atoms with Crippen LogP contribution in [0.25, 0.3) is 10.2 Å². The highest BCUT2D eigenvalue weighted by Gasteiger charge is 2.09. The highest BCUT2D eigenvalue weighted by Crippen LogP contribution is 2.25. The Balaban J connectivity index is 1.52. The number of esters is 1. The molecule has 3 aromatic rings. The van der Waals surface area contributed by atoms with Crippen LogP contribution in [-0.4, -0.2) is 11.0 Å². The molecule has 0 bridgehead atoms. The minimum absolute atomic E-state index is 0.269. The largest absolute Gasteiger partial charge is 0.425 e. The fraction of sp³-hybridized carbons (Fsp3) is 0.176. The van der Waals surface area contributed by atoms with Crippen LogP contribution >= 0.6 is 22.9 Å². The molecule has 3 rings (SSSR count). The van der Waals surface area contributed by atoms with E-state index in [1.807, 2.05) is 18.2 Å². The van der Waals surface area contributed by atoms with Gasteiger partial charge in [-0.05, 0) is 37.1 Å². The molecule has 112 valence electrons. The minimum atomic E-state index is -0.269. The van der Waals surface area contributed by atoms with Crippen LogP contribution in [0.3, 0.4) is 0 Å². The summed E-state index contributed by atoms with van der Waals surface area (Å²) in [5.41, 5.74) is 1.01. The Morgan fingerprint density at radius 3 is 2.73 bits per heavy atom. The van der Waals surface area contributed by atoms with Crippen molar-refractivity contribution >= 4 is 39.1 Å². The van der Waals surface area contributed by atoms with Gasteiger partial charge in [-0.1, -0.05) is 35.9 Å². The molecule has 0 unspecified atom stereocenters. The molecule has 1 aromatic heterocycles. The first-order chi connectivity index (χ1) is 10.7.